The van der Waals surface area contributed by atoms with Crippen LogP contribution in [0.2, 0.25) is 0 Å². The van der Waals surface area contributed by atoms with E-state index in [2.05, 4.69) is 9.47 Å². The molecular formula is C9H15NO4. The Labute approximate surface area is 83.0 Å². The average molecular weight is 201 g/mol. The molecule has 0 aromatic heterocycles. The summed E-state index contributed by atoms with van der Waals surface area (Å²) in [5.41, 5.74) is 0. The van der Waals surface area contributed by atoms with Crippen molar-refractivity contribution in [1.29, 1.82) is 0 Å². The van der Waals surface area contributed by atoms with Gasteiger partial charge in [0, 0.05) is 6.54 Å². The lowest BCUT2D eigenvalue weighted by Gasteiger charge is -2.13. The van der Waals surface area contributed by atoms with Crippen LogP contribution in [0.15, 0.2) is 0 Å². The van der Waals surface area contributed by atoms with Crippen LogP contribution in [0.3, 0.4) is 0 Å². The van der Waals surface area contributed by atoms with Crippen molar-refractivity contribution in [2.45, 2.75) is 6.42 Å². The molecule has 0 radical (unpaired) electrons. The number of rotatable bonds is 3. The molecule has 0 N–H and O–H groups in total. The van der Waals surface area contributed by atoms with Crippen LogP contribution >= 0.6 is 0 Å². The number of hydrogen-bond donors (Lipinski definition) is 0. The largest absolute Gasteiger partial charge is 0.469 e. The van der Waals surface area contributed by atoms with Gasteiger partial charge in [-0.3, -0.25) is 14.5 Å². The molecule has 0 bridgehead atoms. The number of hydrogen-bond acceptors (Lipinski definition) is 5. The topological polar surface area (TPSA) is 55.8 Å². The Morgan fingerprint density at radius 3 is 2.64 bits per heavy atom. The van der Waals surface area contributed by atoms with E-state index >= 15 is 0 Å². The summed E-state index contributed by atoms with van der Waals surface area (Å²) in [4.78, 5) is 24.0. The van der Waals surface area contributed by atoms with Gasteiger partial charge in [0.2, 0.25) is 0 Å². The maximum absolute atomic E-state index is 11.1. The molecule has 1 heterocycles. The maximum atomic E-state index is 11.1. The first kappa shape index (κ1) is 11.0. The lowest BCUT2D eigenvalue weighted by molar-refractivity contribution is -0.146. The van der Waals surface area contributed by atoms with Gasteiger partial charge in [-0.1, -0.05) is 0 Å². The first-order valence-corrected chi connectivity index (χ1v) is 4.54. The Balaban J connectivity index is 2.34. The Kier molecular flexibility index (Phi) is 3.88. The van der Waals surface area contributed by atoms with Gasteiger partial charge >= 0.3 is 11.9 Å². The van der Waals surface area contributed by atoms with E-state index in [4.69, 9.17) is 0 Å². The highest BCUT2D eigenvalue weighted by atomic mass is 16.5. The minimum absolute atomic E-state index is 0.0929. The van der Waals surface area contributed by atoms with Gasteiger partial charge in [0.25, 0.3) is 0 Å². The third-order valence-corrected chi connectivity index (χ3v) is 2.39. The summed E-state index contributed by atoms with van der Waals surface area (Å²) in [5.74, 6) is -0.558. The predicted molar refractivity (Wildman–Crippen MR) is 48.6 cm³/mol. The maximum Gasteiger partial charge on any atom is 0.319 e. The monoisotopic (exact) mass is 201 g/mol. The number of esters is 2. The zero-order valence-corrected chi connectivity index (χ0v) is 8.49. The third-order valence-electron chi connectivity index (χ3n) is 2.39. The van der Waals surface area contributed by atoms with E-state index in [1.165, 1.54) is 14.2 Å². The van der Waals surface area contributed by atoms with Crippen LogP contribution in [0.25, 0.3) is 0 Å². The highest BCUT2D eigenvalue weighted by Crippen LogP contribution is 2.16. The van der Waals surface area contributed by atoms with E-state index in [1.54, 1.807) is 0 Å². The van der Waals surface area contributed by atoms with Crippen LogP contribution in [0, 0.1) is 5.92 Å². The summed E-state index contributed by atoms with van der Waals surface area (Å²) in [6.07, 6.45) is 0.754. The SMILES string of the molecule is COC(=O)CN1CC[C@@H](C(=O)OC)C1. The number of carbonyl (C=O) groups is 2. The molecular weight excluding hydrogens is 186 g/mol. The molecule has 0 spiro atoms. The summed E-state index contributed by atoms with van der Waals surface area (Å²) in [7, 11) is 2.74. The molecule has 0 saturated carbocycles. The van der Waals surface area contributed by atoms with E-state index in [0.29, 0.717) is 6.54 Å². The average Bonchev–Trinajstić information content (AvgIpc) is 2.65. The lowest BCUT2D eigenvalue weighted by atomic mass is 10.1. The van der Waals surface area contributed by atoms with Crippen molar-refractivity contribution in [2.75, 3.05) is 33.9 Å². The standard InChI is InChI=1S/C9H15NO4/c1-13-8(11)6-10-4-3-7(5-10)9(12)14-2/h7H,3-6H2,1-2H3/t7-/m1/s1. The predicted octanol–water partition coefficient (Wildman–Crippen LogP) is -0.346. The first-order valence-electron chi connectivity index (χ1n) is 4.54. The molecule has 5 heteroatoms. The fraction of sp³-hybridized carbons (Fsp3) is 0.778. The summed E-state index contributed by atoms with van der Waals surface area (Å²) in [5, 5.41) is 0. The number of carbonyl (C=O) groups excluding carboxylic acids is 2. The molecule has 0 amide bonds. The molecule has 80 valence electrons. The van der Waals surface area contributed by atoms with Crippen LogP contribution < -0.4 is 0 Å². The minimum atomic E-state index is -0.268. The van der Waals surface area contributed by atoms with E-state index in [1.807, 2.05) is 4.90 Å². The van der Waals surface area contributed by atoms with Crippen molar-refractivity contribution in [3.63, 3.8) is 0 Å². The van der Waals surface area contributed by atoms with Gasteiger partial charge in [-0.25, -0.2) is 0 Å². The third kappa shape index (κ3) is 2.70. The molecule has 1 saturated heterocycles. The Hall–Kier alpha value is -1.10. The normalized spacial score (nSPS) is 22.0. The van der Waals surface area contributed by atoms with Crippen molar-refractivity contribution >= 4 is 11.9 Å². The van der Waals surface area contributed by atoms with Crippen molar-refractivity contribution in [3.05, 3.63) is 0 Å². The molecule has 1 aliphatic heterocycles. The number of likely N-dealkylation sites (tertiary alicyclic amines) is 1. The van der Waals surface area contributed by atoms with Gasteiger partial charge in [0.15, 0.2) is 0 Å². The second kappa shape index (κ2) is 4.95. The molecule has 1 rings (SSSR count). The molecule has 0 unspecified atom stereocenters. The van der Waals surface area contributed by atoms with Gasteiger partial charge in [-0.2, -0.15) is 0 Å². The van der Waals surface area contributed by atoms with E-state index in [9.17, 15) is 9.59 Å². The minimum Gasteiger partial charge on any atom is -0.469 e. The van der Waals surface area contributed by atoms with Gasteiger partial charge in [0.05, 0.1) is 26.7 Å². The lowest BCUT2D eigenvalue weighted by Crippen LogP contribution is -2.29. The smallest absolute Gasteiger partial charge is 0.319 e. The van der Waals surface area contributed by atoms with Gasteiger partial charge < -0.3 is 9.47 Å². The second-order valence-electron chi connectivity index (χ2n) is 3.32. The van der Waals surface area contributed by atoms with E-state index < -0.39 is 0 Å². The fourth-order valence-corrected chi connectivity index (χ4v) is 1.58. The molecule has 0 aromatic carbocycles. The number of ether oxygens (including phenoxy) is 2. The second-order valence-corrected chi connectivity index (χ2v) is 3.32. The summed E-state index contributed by atoms with van der Waals surface area (Å²) in [6, 6.07) is 0. The van der Waals surface area contributed by atoms with Crippen LogP contribution in [0.4, 0.5) is 0 Å². The van der Waals surface area contributed by atoms with E-state index in [0.717, 1.165) is 13.0 Å². The van der Waals surface area contributed by atoms with Crippen LogP contribution in [0.1, 0.15) is 6.42 Å². The Morgan fingerprint density at radius 2 is 2.07 bits per heavy atom. The van der Waals surface area contributed by atoms with Crippen LogP contribution in [0.5, 0.6) is 0 Å². The van der Waals surface area contributed by atoms with Crippen molar-refractivity contribution in [1.82, 2.24) is 4.90 Å². The summed E-state index contributed by atoms with van der Waals surface area (Å²) in [6.45, 7) is 1.58. The number of nitrogens with zero attached hydrogens (tertiary/aromatic N) is 1. The molecule has 0 aliphatic carbocycles. The molecule has 0 aromatic rings. The highest BCUT2D eigenvalue weighted by molar-refractivity contribution is 5.74. The molecule has 1 atom stereocenters. The van der Waals surface area contributed by atoms with E-state index in [-0.39, 0.29) is 24.4 Å². The zero-order valence-electron chi connectivity index (χ0n) is 8.49. The van der Waals surface area contributed by atoms with Gasteiger partial charge in [-0.15, -0.1) is 0 Å². The summed E-state index contributed by atoms with van der Waals surface area (Å²) >= 11 is 0. The number of methoxy groups -OCH3 is 2. The van der Waals surface area contributed by atoms with Gasteiger partial charge in [0.1, 0.15) is 0 Å². The van der Waals surface area contributed by atoms with Crippen molar-refractivity contribution in [3.8, 4) is 0 Å². The fourth-order valence-electron chi connectivity index (χ4n) is 1.58. The summed E-state index contributed by atoms with van der Waals surface area (Å²) < 4.78 is 9.17. The highest BCUT2D eigenvalue weighted by Gasteiger charge is 2.29. The Morgan fingerprint density at radius 1 is 1.36 bits per heavy atom. The molecule has 1 fully saturated rings. The quantitative estimate of drug-likeness (QED) is 0.584. The van der Waals surface area contributed by atoms with Crippen molar-refractivity contribution < 1.29 is 19.1 Å². The van der Waals surface area contributed by atoms with Crippen LogP contribution in [-0.2, 0) is 19.1 Å². The van der Waals surface area contributed by atoms with Gasteiger partial charge in [-0.05, 0) is 13.0 Å². The Bertz CT molecular complexity index is 229. The molecule has 5 nitrogen and oxygen atoms in total. The van der Waals surface area contributed by atoms with Crippen molar-refractivity contribution in [2.24, 2.45) is 5.92 Å². The molecule has 14 heavy (non-hydrogen) atoms. The molecule has 1 aliphatic rings. The van der Waals surface area contributed by atoms with Crippen LogP contribution in [-0.4, -0.2) is 50.7 Å². The zero-order chi connectivity index (χ0) is 10.6. The first-order chi connectivity index (χ1) is 6.67.